The molecule has 0 radical (unpaired) electrons. The van der Waals surface area contributed by atoms with Crippen molar-refractivity contribution in [3.63, 3.8) is 0 Å². The van der Waals surface area contributed by atoms with Gasteiger partial charge in [-0.1, -0.05) is 11.6 Å². The van der Waals surface area contributed by atoms with Crippen molar-refractivity contribution in [1.29, 1.82) is 0 Å². The molecule has 146 valence electrons. The van der Waals surface area contributed by atoms with E-state index in [1.165, 1.54) is 19.3 Å². The van der Waals surface area contributed by atoms with Gasteiger partial charge in [0.1, 0.15) is 5.75 Å². The van der Waals surface area contributed by atoms with Gasteiger partial charge in [-0.15, -0.1) is 5.10 Å². The second-order valence-corrected chi connectivity index (χ2v) is 7.03. The Morgan fingerprint density at radius 1 is 1.41 bits per heavy atom. The smallest absolute Gasteiger partial charge is 0.273 e. The maximum Gasteiger partial charge on any atom is 0.273 e. The summed E-state index contributed by atoms with van der Waals surface area (Å²) in [4.78, 5) is 16.8. The molecule has 1 fully saturated rings. The van der Waals surface area contributed by atoms with E-state index >= 15 is 0 Å². The average molecular weight is 372 g/mol. The zero-order chi connectivity index (χ0) is 19.2. The summed E-state index contributed by atoms with van der Waals surface area (Å²) >= 11 is 0. The monoisotopic (exact) mass is 372 g/mol. The maximum absolute atomic E-state index is 12.4. The van der Waals surface area contributed by atoms with Crippen LogP contribution >= 0.6 is 0 Å². The van der Waals surface area contributed by atoms with Gasteiger partial charge in [0, 0.05) is 29.9 Å². The highest BCUT2D eigenvalue weighted by molar-refractivity contribution is 5.91. The van der Waals surface area contributed by atoms with Gasteiger partial charge in [-0.2, -0.15) is 0 Å². The first-order valence-corrected chi connectivity index (χ1v) is 9.49. The van der Waals surface area contributed by atoms with E-state index in [0.29, 0.717) is 18.3 Å². The Balaban J connectivity index is 1.53. The fourth-order valence-corrected chi connectivity index (χ4v) is 3.47. The highest BCUT2D eigenvalue weighted by Gasteiger charge is 2.15. The van der Waals surface area contributed by atoms with Crippen LogP contribution in [0.5, 0.6) is 5.75 Å². The minimum atomic E-state index is -0.252. The number of methoxy groups -OCH3 is 1. The van der Waals surface area contributed by atoms with E-state index in [1.54, 1.807) is 24.2 Å². The molecular weight excluding hydrogens is 344 g/mol. The fourth-order valence-electron chi connectivity index (χ4n) is 3.47. The van der Waals surface area contributed by atoms with Crippen LogP contribution in [0.2, 0.25) is 0 Å². The first kappa shape index (κ1) is 19.3. The summed E-state index contributed by atoms with van der Waals surface area (Å²) < 4.78 is 7.14. The van der Waals surface area contributed by atoms with Crippen molar-refractivity contribution in [2.75, 3.05) is 13.7 Å². The molecule has 1 atom stereocenters. The molecule has 0 saturated carbocycles. The first-order chi connectivity index (χ1) is 13.1. The molecule has 2 N–H and O–H groups in total. The van der Waals surface area contributed by atoms with Gasteiger partial charge in [0.15, 0.2) is 5.69 Å². The van der Waals surface area contributed by atoms with E-state index in [4.69, 9.17) is 4.74 Å². The second-order valence-electron chi connectivity index (χ2n) is 7.03. The van der Waals surface area contributed by atoms with Gasteiger partial charge in [0.05, 0.1) is 25.5 Å². The summed E-state index contributed by atoms with van der Waals surface area (Å²) in [6.07, 6.45) is 8.19. The number of ether oxygens (including phenoxy) is 1. The Bertz CT molecular complexity index is 783. The van der Waals surface area contributed by atoms with Crippen molar-refractivity contribution < 1.29 is 9.53 Å². The Labute approximate surface area is 159 Å². The third-order valence-corrected chi connectivity index (χ3v) is 5.06. The van der Waals surface area contributed by atoms with Crippen LogP contribution in [0.15, 0.2) is 12.4 Å². The molecule has 0 spiro atoms. The molecule has 1 saturated heterocycles. The van der Waals surface area contributed by atoms with Crippen LogP contribution in [0, 0.1) is 13.8 Å². The van der Waals surface area contributed by atoms with Gasteiger partial charge >= 0.3 is 0 Å². The third-order valence-electron chi connectivity index (χ3n) is 5.06. The normalized spacial score (nSPS) is 16.9. The van der Waals surface area contributed by atoms with Crippen molar-refractivity contribution in [3.8, 4) is 5.75 Å². The molecule has 0 unspecified atom stereocenters. The topological polar surface area (TPSA) is 94.0 Å². The van der Waals surface area contributed by atoms with E-state index in [-0.39, 0.29) is 5.91 Å². The van der Waals surface area contributed by atoms with Gasteiger partial charge < -0.3 is 15.4 Å². The largest absolute Gasteiger partial charge is 0.496 e. The number of rotatable bonds is 7. The van der Waals surface area contributed by atoms with E-state index in [1.807, 2.05) is 13.8 Å². The quantitative estimate of drug-likeness (QED) is 0.769. The minimum Gasteiger partial charge on any atom is -0.496 e. The summed E-state index contributed by atoms with van der Waals surface area (Å²) in [6.45, 7) is 6.05. The van der Waals surface area contributed by atoms with Crippen LogP contribution in [0.1, 0.15) is 53.0 Å². The molecule has 8 nitrogen and oxygen atoms in total. The van der Waals surface area contributed by atoms with E-state index in [2.05, 4.69) is 25.9 Å². The van der Waals surface area contributed by atoms with Crippen LogP contribution in [0.4, 0.5) is 0 Å². The lowest BCUT2D eigenvalue weighted by Gasteiger charge is -2.23. The van der Waals surface area contributed by atoms with Crippen LogP contribution in [-0.2, 0) is 13.1 Å². The van der Waals surface area contributed by atoms with Crippen molar-refractivity contribution in [1.82, 2.24) is 30.6 Å². The molecule has 2 aromatic heterocycles. The molecule has 27 heavy (non-hydrogen) atoms. The highest BCUT2D eigenvalue weighted by Crippen LogP contribution is 2.23. The van der Waals surface area contributed by atoms with E-state index in [0.717, 1.165) is 42.1 Å². The van der Waals surface area contributed by atoms with Gasteiger partial charge in [-0.05, 0) is 39.7 Å². The molecule has 1 amide bonds. The molecule has 3 rings (SSSR count). The van der Waals surface area contributed by atoms with Crippen molar-refractivity contribution in [3.05, 3.63) is 34.9 Å². The average Bonchev–Trinajstić information content (AvgIpc) is 3.16. The molecule has 0 aliphatic carbocycles. The lowest BCUT2D eigenvalue weighted by molar-refractivity contribution is 0.0945. The summed E-state index contributed by atoms with van der Waals surface area (Å²) in [5.74, 6) is 0.550. The molecule has 1 aliphatic rings. The van der Waals surface area contributed by atoms with Crippen LogP contribution in [-0.4, -0.2) is 45.6 Å². The molecule has 1 aliphatic heterocycles. The van der Waals surface area contributed by atoms with Crippen LogP contribution in [0.25, 0.3) is 0 Å². The molecular formula is C19H28N6O2. The lowest BCUT2D eigenvalue weighted by atomic mass is 10.0. The number of aromatic nitrogens is 4. The highest BCUT2D eigenvalue weighted by atomic mass is 16.5. The maximum atomic E-state index is 12.4. The SMILES string of the molecule is COc1c(C)cnc(CNC(=O)c2cn(CC[C@H]3CCCCN3)nn2)c1C. The minimum absolute atomic E-state index is 0.252. The van der Waals surface area contributed by atoms with Gasteiger partial charge in [0.25, 0.3) is 5.91 Å². The second kappa shape index (κ2) is 8.94. The number of hydrogen-bond acceptors (Lipinski definition) is 6. The zero-order valence-corrected chi connectivity index (χ0v) is 16.3. The number of carbonyl (C=O) groups excluding carboxylic acids is 1. The number of carbonyl (C=O) groups is 1. The van der Waals surface area contributed by atoms with E-state index < -0.39 is 0 Å². The first-order valence-electron chi connectivity index (χ1n) is 9.49. The molecule has 2 aromatic rings. The Morgan fingerprint density at radius 3 is 3.00 bits per heavy atom. The van der Waals surface area contributed by atoms with Crippen LogP contribution < -0.4 is 15.4 Å². The molecule has 8 heteroatoms. The van der Waals surface area contributed by atoms with Crippen molar-refractivity contribution in [2.45, 2.75) is 58.7 Å². The molecule has 0 bridgehead atoms. The molecule has 3 heterocycles. The number of pyridine rings is 1. The number of amides is 1. The number of hydrogen-bond donors (Lipinski definition) is 2. The lowest BCUT2D eigenvalue weighted by Crippen LogP contribution is -2.34. The standard InChI is InChI=1S/C19H28N6O2/c1-13-10-21-16(14(2)18(13)27-3)11-22-19(26)17-12-25(24-23-17)9-7-15-6-4-5-8-20-15/h10,12,15,20H,4-9,11H2,1-3H3,(H,22,26)/t15-/m1/s1. The summed E-state index contributed by atoms with van der Waals surface area (Å²) in [6, 6.07) is 0.533. The number of piperidine rings is 1. The van der Waals surface area contributed by atoms with E-state index in [9.17, 15) is 4.79 Å². The molecule has 0 aromatic carbocycles. The van der Waals surface area contributed by atoms with Gasteiger partial charge in [-0.25, -0.2) is 0 Å². The predicted molar refractivity (Wildman–Crippen MR) is 102 cm³/mol. The van der Waals surface area contributed by atoms with Gasteiger partial charge in [0.2, 0.25) is 0 Å². The summed E-state index contributed by atoms with van der Waals surface area (Å²) in [7, 11) is 1.64. The summed E-state index contributed by atoms with van der Waals surface area (Å²) in [5, 5.41) is 14.5. The Hall–Kier alpha value is -2.48. The Morgan fingerprint density at radius 2 is 2.26 bits per heavy atom. The Kier molecular flexibility index (Phi) is 6.39. The number of nitrogens with zero attached hydrogens (tertiary/aromatic N) is 4. The predicted octanol–water partition coefficient (Wildman–Crippen LogP) is 1.76. The zero-order valence-electron chi connectivity index (χ0n) is 16.3. The van der Waals surface area contributed by atoms with Crippen LogP contribution in [0.3, 0.4) is 0 Å². The number of nitrogens with one attached hydrogen (secondary N) is 2. The fraction of sp³-hybridized carbons (Fsp3) is 0.579. The third kappa shape index (κ3) is 4.82. The van der Waals surface area contributed by atoms with Gasteiger partial charge in [-0.3, -0.25) is 14.5 Å². The summed E-state index contributed by atoms with van der Waals surface area (Å²) in [5.41, 5.74) is 3.01. The van der Waals surface area contributed by atoms with Crippen molar-refractivity contribution in [2.24, 2.45) is 0 Å². The number of aryl methyl sites for hydroxylation is 2. The van der Waals surface area contributed by atoms with Crippen molar-refractivity contribution >= 4 is 5.91 Å².